The predicted molar refractivity (Wildman–Crippen MR) is 96.2 cm³/mol. The highest BCUT2D eigenvalue weighted by atomic mass is 35.5. The summed E-state index contributed by atoms with van der Waals surface area (Å²) in [4.78, 5) is 10.7. The average Bonchev–Trinajstić information content (AvgIpc) is 2.94. The molecule has 3 rings (SSSR count). The number of halogens is 1. The SMILES string of the molecule is CCCCc1nc2c[n+]([O-])c3ccccc3c2n1OCCCCCl. The van der Waals surface area contributed by atoms with Gasteiger partial charge in [0.15, 0.2) is 5.52 Å². The Hall–Kier alpha value is -2.01. The minimum Gasteiger partial charge on any atom is -0.618 e. The molecular weight excluding hydrogens is 326 g/mol. The molecule has 0 unspecified atom stereocenters. The molecule has 6 heteroatoms. The second-order valence-electron chi connectivity index (χ2n) is 5.86. The van der Waals surface area contributed by atoms with Crippen molar-refractivity contribution in [3.8, 4) is 0 Å². The topological polar surface area (TPSA) is 54.0 Å². The van der Waals surface area contributed by atoms with Crippen LogP contribution >= 0.6 is 11.6 Å². The third-order valence-electron chi connectivity index (χ3n) is 4.07. The Kier molecular flexibility index (Phi) is 5.41. The van der Waals surface area contributed by atoms with Crippen LogP contribution in [0.4, 0.5) is 0 Å². The quantitative estimate of drug-likeness (QED) is 0.271. The number of imidazole rings is 1. The van der Waals surface area contributed by atoms with E-state index in [0.717, 1.165) is 53.6 Å². The Morgan fingerprint density at radius 2 is 2.08 bits per heavy atom. The number of para-hydroxylation sites is 1. The first-order valence-corrected chi connectivity index (χ1v) is 9.01. The molecule has 5 nitrogen and oxygen atoms in total. The Morgan fingerprint density at radius 3 is 2.88 bits per heavy atom. The van der Waals surface area contributed by atoms with Gasteiger partial charge in [0.1, 0.15) is 17.9 Å². The minimum absolute atomic E-state index is 0.581. The van der Waals surface area contributed by atoms with E-state index in [1.165, 1.54) is 6.20 Å². The third kappa shape index (κ3) is 3.26. The summed E-state index contributed by atoms with van der Waals surface area (Å²) in [6.07, 6.45) is 6.28. The number of alkyl halides is 1. The molecule has 0 aliphatic heterocycles. The summed E-state index contributed by atoms with van der Waals surface area (Å²) in [5.74, 6) is 1.50. The number of nitrogens with zero attached hydrogens (tertiary/aromatic N) is 3. The van der Waals surface area contributed by atoms with Crippen molar-refractivity contribution in [1.82, 2.24) is 9.71 Å². The van der Waals surface area contributed by atoms with E-state index in [0.29, 0.717) is 23.5 Å². The number of rotatable bonds is 8. The van der Waals surface area contributed by atoms with Crippen molar-refractivity contribution in [2.45, 2.75) is 39.0 Å². The molecule has 0 fully saturated rings. The summed E-state index contributed by atoms with van der Waals surface area (Å²) in [7, 11) is 0. The molecule has 0 saturated heterocycles. The zero-order chi connectivity index (χ0) is 16.9. The van der Waals surface area contributed by atoms with Crippen LogP contribution in [-0.4, -0.2) is 22.2 Å². The summed E-state index contributed by atoms with van der Waals surface area (Å²) in [5, 5.41) is 13.1. The number of hydrogen-bond donors (Lipinski definition) is 0. The molecule has 2 heterocycles. The lowest BCUT2D eigenvalue weighted by Crippen LogP contribution is -2.26. The average molecular weight is 348 g/mol. The van der Waals surface area contributed by atoms with Crippen LogP contribution in [0.5, 0.6) is 0 Å². The maximum absolute atomic E-state index is 12.2. The first-order valence-electron chi connectivity index (χ1n) is 8.47. The molecule has 1 aromatic carbocycles. The smallest absolute Gasteiger partial charge is 0.226 e. The number of pyridine rings is 1. The van der Waals surface area contributed by atoms with E-state index in [4.69, 9.17) is 16.4 Å². The monoisotopic (exact) mass is 347 g/mol. The van der Waals surface area contributed by atoms with Crippen LogP contribution in [0, 0.1) is 5.21 Å². The van der Waals surface area contributed by atoms with Crippen LogP contribution in [0.2, 0.25) is 0 Å². The number of aryl methyl sites for hydroxylation is 1. The fourth-order valence-electron chi connectivity index (χ4n) is 2.84. The van der Waals surface area contributed by atoms with Crippen molar-refractivity contribution in [3.05, 3.63) is 41.5 Å². The fraction of sp³-hybridized carbons (Fsp3) is 0.444. The van der Waals surface area contributed by atoms with E-state index < -0.39 is 0 Å². The van der Waals surface area contributed by atoms with Crippen molar-refractivity contribution >= 4 is 33.5 Å². The zero-order valence-electron chi connectivity index (χ0n) is 13.9. The second-order valence-corrected chi connectivity index (χ2v) is 6.24. The van der Waals surface area contributed by atoms with Gasteiger partial charge in [0.2, 0.25) is 11.7 Å². The van der Waals surface area contributed by atoms with Crippen LogP contribution < -0.4 is 9.57 Å². The molecule has 0 saturated carbocycles. The zero-order valence-corrected chi connectivity index (χ0v) is 14.6. The second kappa shape index (κ2) is 7.71. The Bertz CT molecular complexity index is 832. The molecule has 3 aromatic rings. The minimum atomic E-state index is 0.581. The molecule has 2 aromatic heterocycles. The molecule has 0 aliphatic rings. The molecule has 0 radical (unpaired) electrons. The van der Waals surface area contributed by atoms with Crippen LogP contribution in [0.25, 0.3) is 21.9 Å². The summed E-state index contributed by atoms with van der Waals surface area (Å²) >= 11 is 5.74. The van der Waals surface area contributed by atoms with E-state index >= 15 is 0 Å². The predicted octanol–water partition coefficient (Wildman–Crippen LogP) is 3.61. The molecule has 0 N–H and O–H groups in total. The lowest BCUT2D eigenvalue weighted by atomic mass is 10.2. The van der Waals surface area contributed by atoms with Gasteiger partial charge in [0, 0.05) is 18.4 Å². The molecule has 0 amide bonds. The summed E-state index contributed by atoms with van der Waals surface area (Å²) in [6, 6.07) is 7.55. The number of unbranched alkanes of at least 4 members (excludes halogenated alkanes) is 2. The molecule has 0 atom stereocenters. The molecule has 0 aliphatic carbocycles. The lowest BCUT2D eigenvalue weighted by molar-refractivity contribution is -0.575. The van der Waals surface area contributed by atoms with Crippen LogP contribution in [-0.2, 0) is 6.42 Å². The normalized spacial score (nSPS) is 11.4. The largest absolute Gasteiger partial charge is 0.618 e. The Morgan fingerprint density at radius 1 is 1.25 bits per heavy atom. The van der Waals surface area contributed by atoms with Crippen LogP contribution in [0.1, 0.15) is 38.4 Å². The van der Waals surface area contributed by atoms with Crippen LogP contribution in [0.3, 0.4) is 0 Å². The van der Waals surface area contributed by atoms with Crippen molar-refractivity contribution in [2.24, 2.45) is 0 Å². The van der Waals surface area contributed by atoms with E-state index in [9.17, 15) is 5.21 Å². The third-order valence-corrected chi connectivity index (χ3v) is 4.34. The number of hydrogen-bond acceptors (Lipinski definition) is 3. The highest BCUT2D eigenvalue weighted by Crippen LogP contribution is 2.23. The van der Waals surface area contributed by atoms with E-state index in [1.807, 2.05) is 29.0 Å². The number of benzene rings is 1. The number of fused-ring (bicyclic) bond motifs is 3. The molecule has 128 valence electrons. The highest BCUT2D eigenvalue weighted by Gasteiger charge is 2.19. The van der Waals surface area contributed by atoms with Gasteiger partial charge in [-0.25, -0.2) is 4.98 Å². The molecule has 0 bridgehead atoms. The van der Waals surface area contributed by atoms with Crippen molar-refractivity contribution in [2.75, 3.05) is 12.5 Å². The Labute approximate surface area is 146 Å². The summed E-state index contributed by atoms with van der Waals surface area (Å²) in [5.41, 5.74) is 2.17. The van der Waals surface area contributed by atoms with E-state index in [1.54, 1.807) is 0 Å². The number of aromatic nitrogens is 3. The van der Waals surface area contributed by atoms with Crippen molar-refractivity contribution < 1.29 is 9.57 Å². The van der Waals surface area contributed by atoms with Crippen LogP contribution in [0.15, 0.2) is 30.5 Å². The van der Waals surface area contributed by atoms with Gasteiger partial charge in [-0.05, 0) is 25.3 Å². The maximum atomic E-state index is 12.2. The van der Waals surface area contributed by atoms with Crippen molar-refractivity contribution in [1.29, 1.82) is 0 Å². The van der Waals surface area contributed by atoms with E-state index in [2.05, 4.69) is 11.9 Å². The first kappa shape index (κ1) is 16.8. The molecule has 24 heavy (non-hydrogen) atoms. The fourth-order valence-corrected chi connectivity index (χ4v) is 3.03. The van der Waals surface area contributed by atoms with E-state index in [-0.39, 0.29) is 0 Å². The van der Waals surface area contributed by atoms with Gasteiger partial charge in [-0.2, -0.15) is 9.46 Å². The first-order chi connectivity index (χ1) is 11.8. The van der Waals surface area contributed by atoms with Gasteiger partial charge >= 0.3 is 0 Å². The highest BCUT2D eigenvalue weighted by molar-refractivity contribution is 6.17. The van der Waals surface area contributed by atoms with Gasteiger partial charge in [0.05, 0.1) is 5.39 Å². The Balaban J connectivity index is 2.10. The molecular formula is C18H22ClN3O2. The van der Waals surface area contributed by atoms with Gasteiger partial charge in [0.25, 0.3) is 0 Å². The summed E-state index contributed by atoms with van der Waals surface area (Å²) < 4.78 is 2.70. The van der Waals surface area contributed by atoms with Gasteiger partial charge < -0.3 is 10.0 Å². The standard InChI is InChI=1S/C18H22ClN3O2/c1-2-3-10-17-20-15-13-21(23)16-9-5-4-8-14(16)18(15)22(17)24-12-7-6-11-19/h4-5,8-9,13H,2-3,6-7,10-12H2,1H3. The maximum Gasteiger partial charge on any atom is 0.226 e. The lowest BCUT2D eigenvalue weighted by Gasteiger charge is -2.11. The van der Waals surface area contributed by atoms with Gasteiger partial charge in [-0.3, -0.25) is 0 Å². The van der Waals surface area contributed by atoms with Gasteiger partial charge in [-0.1, -0.05) is 25.5 Å². The van der Waals surface area contributed by atoms with Crippen molar-refractivity contribution in [3.63, 3.8) is 0 Å². The summed E-state index contributed by atoms with van der Waals surface area (Å²) in [6.45, 7) is 2.73. The van der Waals surface area contributed by atoms with Gasteiger partial charge in [-0.15, -0.1) is 11.6 Å². The molecule has 0 spiro atoms.